The summed E-state index contributed by atoms with van der Waals surface area (Å²) in [6.45, 7) is 5.19. The molecule has 0 aromatic carbocycles. The van der Waals surface area contributed by atoms with E-state index in [4.69, 9.17) is 0 Å². The van der Waals surface area contributed by atoms with Crippen LogP contribution in [-0.2, 0) is 6.54 Å². The number of alkyl halides is 3. The van der Waals surface area contributed by atoms with E-state index in [9.17, 15) is 13.2 Å². The fourth-order valence-electron chi connectivity index (χ4n) is 1.61. The molecule has 0 fully saturated rings. The van der Waals surface area contributed by atoms with E-state index in [2.05, 4.69) is 10.4 Å². The van der Waals surface area contributed by atoms with E-state index < -0.39 is 12.6 Å². The number of hydrogen-bond donors (Lipinski definition) is 1. The highest BCUT2D eigenvalue weighted by Gasteiger charge is 2.25. The number of nitrogens with one attached hydrogen (secondary N) is 1. The SMILES string of the molecule is Cc1cc(C)n(CCCNCCC(F)(F)F)n1. The van der Waals surface area contributed by atoms with Gasteiger partial charge in [-0.15, -0.1) is 0 Å². The molecule has 1 rings (SSSR count). The van der Waals surface area contributed by atoms with Crippen LogP contribution >= 0.6 is 0 Å². The smallest absolute Gasteiger partial charge is 0.316 e. The van der Waals surface area contributed by atoms with Gasteiger partial charge in [-0.05, 0) is 32.9 Å². The lowest BCUT2D eigenvalue weighted by Gasteiger charge is -2.08. The molecule has 0 aliphatic heterocycles. The van der Waals surface area contributed by atoms with Crippen LogP contribution in [0.25, 0.3) is 0 Å². The van der Waals surface area contributed by atoms with Crippen LogP contribution in [0.1, 0.15) is 24.2 Å². The fourth-order valence-corrected chi connectivity index (χ4v) is 1.61. The molecule has 1 aromatic heterocycles. The summed E-state index contributed by atoms with van der Waals surface area (Å²) in [5.41, 5.74) is 2.05. The molecule has 0 saturated heterocycles. The second kappa shape index (κ2) is 6.05. The van der Waals surface area contributed by atoms with Crippen LogP contribution in [0.3, 0.4) is 0 Å². The third-order valence-corrected chi connectivity index (χ3v) is 2.41. The van der Waals surface area contributed by atoms with Gasteiger partial charge >= 0.3 is 6.18 Å². The van der Waals surface area contributed by atoms with Crippen LogP contribution in [0.5, 0.6) is 0 Å². The van der Waals surface area contributed by atoms with Gasteiger partial charge in [0.15, 0.2) is 0 Å². The van der Waals surface area contributed by atoms with Crippen LogP contribution in [0.4, 0.5) is 13.2 Å². The van der Waals surface area contributed by atoms with E-state index in [1.807, 2.05) is 24.6 Å². The van der Waals surface area contributed by atoms with Crippen molar-refractivity contribution in [3.63, 3.8) is 0 Å². The van der Waals surface area contributed by atoms with Gasteiger partial charge in [0.2, 0.25) is 0 Å². The second-order valence-corrected chi connectivity index (χ2v) is 4.12. The molecule has 0 aliphatic rings. The molecule has 0 radical (unpaired) electrons. The second-order valence-electron chi connectivity index (χ2n) is 4.12. The van der Waals surface area contributed by atoms with Crippen LogP contribution < -0.4 is 5.32 Å². The minimum Gasteiger partial charge on any atom is -0.316 e. The molecule has 6 heteroatoms. The molecule has 1 N–H and O–H groups in total. The van der Waals surface area contributed by atoms with Crippen molar-refractivity contribution in [1.82, 2.24) is 15.1 Å². The molecule has 1 heterocycles. The van der Waals surface area contributed by atoms with E-state index in [1.165, 1.54) is 0 Å². The zero-order valence-corrected chi connectivity index (χ0v) is 10.1. The number of aromatic nitrogens is 2. The number of rotatable bonds is 6. The summed E-state index contributed by atoms with van der Waals surface area (Å²) >= 11 is 0. The third kappa shape index (κ3) is 5.72. The van der Waals surface area contributed by atoms with Gasteiger partial charge in [0.05, 0.1) is 12.1 Å². The minimum atomic E-state index is -4.07. The number of nitrogens with zero attached hydrogens (tertiary/aromatic N) is 2. The van der Waals surface area contributed by atoms with Gasteiger partial charge in [0.25, 0.3) is 0 Å². The van der Waals surface area contributed by atoms with Gasteiger partial charge in [-0.25, -0.2) is 0 Å². The highest BCUT2D eigenvalue weighted by Crippen LogP contribution is 2.18. The summed E-state index contributed by atoms with van der Waals surface area (Å²) in [5, 5.41) is 7.05. The van der Waals surface area contributed by atoms with Crippen LogP contribution in [-0.4, -0.2) is 29.0 Å². The molecule has 17 heavy (non-hydrogen) atoms. The normalized spacial score (nSPS) is 12.1. The predicted molar refractivity (Wildman–Crippen MR) is 59.9 cm³/mol. The van der Waals surface area contributed by atoms with E-state index in [-0.39, 0.29) is 6.54 Å². The van der Waals surface area contributed by atoms with Gasteiger partial charge < -0.3 is 5.32 Å². The summed E-state index contributed by atoms with van der Waals surface area (Å²) in [5.74, 6) is 0. The molecular formula is C11H18F3N3. The lowest BCUT2D eigenvalue weighted by molar-refractivity contribution is -0.133. The first-order valence-corrected chi connectivity index (χ1v) is 5.67. The molecule has 1 aromatic rings. The molecule has 0 bridgehead atoms. The van der Waals surface area contributed by atoms with Crippen molar-refractivity contribution >= 4 is 0 Å². The van der Waals surface area contributed by atoms with Gasteiger partial charge in [0, 0.05) is 18.8 Å². The Bertz CT molecular complexity index is 344. The Morgan fingerprint density at radius 2 is 2.00 bits per heavy atom. The van der Waals surface area contributed by atoms with E-state index in [0.717, 1.165) is 24.4 Å². The standard InChI is InChI=1S/C11H18F3N3/c1-9-8-10(2)17(16-9)7-3-5-15-6-4-11(12,13)14/h8,15H,3-7H2,1-2H3. The Labute approximate surface area is 99.0 Å². The van der Waals surface area contributed by atoms with Crippen molar-refractivity contribution in [2.24, 2.45) is 0 Å². The van der Waals surface area contributed by atoms with E-state index in [1.54, 1.807) is 0 Å². The monoisotopic (exact) mass is 249 g/mol. The van der Waals surface area contributed by atoms with Crippen molar-refractivity contribution in [3.05, 3.63) is 17.5 Å². The lowest BCUT2D eigenvalue weighted by atomic mass is 10.3. The van der Waals surface area contributed by atoms with Gasteiger partial charge in [-0.3, -0.25) is 4.68 Å². The van der Waals surface area contributed by atoms with Crippen LogP contribution in [0.15, 0.2) is 6.07 Å². The Kier molecular flexibility index (Phi) is 4.99. The maximum atomic E-state index is 11.8. The molecule has 0 amide bonds. The van der Waals surface area contributed by atoms with Crippen molar-refractivity contribution in [2.75, 3.05) is 13.1 Å². The van der Waals surface area contributed by atoms with Crippen LogP contribution in [0, 0.1) is 13.8 Å². The number of aryl methyl sites for hydroxylation is 3. The van der Waals surface area contributed by atoms with Crippen molar-refractivity contribution in [2.45, 2.75) is 39.4 Å². The Morgan fingerprint density at radius 1 is 1.29 bits per heavy atom. The average molecular weight is 249 g/mol. The molecule has 0 aliphatic carbocycles. The molecule has 0 saturated carbocycles. The topological polar surface area (TPSA) is 29.9 Å². The average Bonchev–Trinajstić information content (AvgIpc) is 2.49. The predicted octanol–water partition coefficient (Wildman–Crippen LogP) is 2.43. The quantitative estimate of drug-likeness (QED) is 0.785. The molecule has 3 nitrogen and oxygen atoms in total. The summed E-state index contributed by atoms with van der Waals surface area (Å²) in [7, 11) is 0. The summed E-state index contributed by atoms with van der Waals surface area (Å²) < 4.78 is 37.4. The maximum absolute atomic E-state index is 11.8. The van der Waals surface area contributed by atoms with Gasteiger partial charge in [-0.2, -0.15) is 18.3 Å². The molecule has 0 atom stereocenters. The third-order valence-electron chi connectivity index (χ3n) is 2.41. The number of hydrogen-bond acceptors (Lipinski definition) is 2. The van der Waals surface area contributed by atoms with Crippen molar-refractivity contribution in [1.29, 1.82) is 0 Å². The van der Waals surface area contributed by atoms with Crippen LogP contribution in [0.2, 0.25) is 0 Å². The molecule has 0 spiro atoms. The summed E-state index contributed by atoms with van der Waals surface area (Å²) in [6, 6.07) is 1.98. The maximum Gasteiger partial charge on any atom is 0.390 e. The summed E-state index contributed by atoms with van der Waals surface area (Å²) in [6.07, 6.45) is -4.06. The van der Waals surface area contributed by atoms with E-state index >= 15 is 0 Å². The first kappa shape index (κ1) is 14.0. The van der Waals surface area contributed by atoms with E-state index in [0.29, 0.717) is 6.54 Å². The first-order chi connectivity index (χ1) is 7.88. The van der Waals surface area contributed by atoms with Gasteiger partial charge in [0.1, 0.15) is 0 Å². The highest BCUT2D eigenvalue weighted by atomic mass is 19.4. The first-order valence-electron chi connectivity index (χ1n) is 5.67. The zero-order chi connectivity index (χ0) is 12.9. The fraction of sp³-hybridized carbons (Fsp3) is 0.727. The van der Waals surface area contributed by atoms with Crippen molar-refractivity contribution in [3.8, 4) is 0 Å². The minimum absolute atomic E-state index is 0.0133. The highest BCUT2D eigenvalue weighted by molar-refractivity contribution is 5.06. The largest absolute Gasteiger partial charge is 0.390 e. The molecule has 98 valence electrons. The Balaban J connectivity index is 2.11. The Hall–Kier alpha value is -1.04. The number of halogens is 3. The lowest BCUT2D eigenvalue weighted by Crippen LogP contribution is -2.23. The molecular weight excluding hydrogens is 231 g/mol. The molecule has 0 unspecified atom stereocenters. The Morgan fingerprint density at radius 3 is 2.53 bits per heavy atom. The zero-order valence-electron chi connectivity index (χ0n) is 10.1. The van der Waals surface area contributed by atoms with Crippen molar-refractivity contribution < 1.29 is 13.2 Å². The van der Waals surface area contributed by atoms with Gasteiger partial charge in [-0.1, -0.05) is 0 Å². The summed E-state index contributed by atoms with van der Waals surface area (Å²) in [4.78, 5) is 0.